The topological polar surface area (TPSA) is 106 Å². The van der Waals surface area contributed by atoms with Crippen LogP contribution < -0.4 is 11.1 Å². The molecule has 0 aliphatic carbocycles. The van der Waals surface area contributed by atoms with Gasteiger partial charge in [-0.3, -0.25) is 9.48 Å². The lowest BCUT2D eigenvalue weighted by atomic mass is 9.96. The van der Waals surface area contributed by atoms with Gasteiger partial charge < -0.3 is 20.7 Å². The van der Waals surface area contributed by atoms with Gasteiger partial charge in [-0.05, 0) is 92.2 Å². The van der Waals surface area contributed by atoms with Crippen LogP contribution in [0, 0.1) is 13.8 Å². The zero-order chi connectivity index (χ0) is 27.1. The number of nitrogens with one attached hydrogen (secondary N) is 1. The molecular formula is C30H36N6O2. The molecule has 3 heterocycles. The molecule has 5 rings (SSSR count). The molecule has 1 amide bonds. The average molecular weight is 513 g/mol. The summed E-state index contributed by atoms with van der Waals surface area (Å²) in [5.74, 6) is 0.334. The van der Waals surface area contributed by atoms with E-state index in [1.54, 1.807) is 23.3 Å². The van der Waals surface area contributed by atoms with Gasteiger partial charge in [0.05, 0.1) is 18.3 Å². The van der Waals surface area contributed by atoms with Gasteiger partial charge in [-0.25, -0.2) is 4.98 Å². The molecule has 1 saturated heterocycles. The first-order valence-corrected chi connectivity index (χ1v) is 13.0. The van der Waals surface area contributed by atoms with Gasteiger partial charge >= 0.3 is 0 Å². The number of hydrogen-bond donors (Lipinski definition) is 2. The first kappa shape index (κ1) is 27.0. The maximum absolute atomic E-state index is 12.7. The molecule has 1 aliphatic rings. The number of aryl methyl sites for hydroxylation is 2. The van der Waals surface area contributed by atoms with Crippen LogP contribution >= 0.6 is 0 Å². The van der Waals surface area contributed by atoms with Gasteiger partial charge in [-0.2, -0.15) is 5.10 Å². The van der Waals surface area contributed by atoms with E-state index in [1.165, 1.54) is 25.9 Å². The summed E-state index contributed by atoms with van der Waals surface area (Å²) in [6.07, 6.45) is 9.14. The number of nitrogen functional groups attached to an aromatic ring is 1. The van der Waals surface area contributed by atoms with Crippen molar-refractivity contribution in [2.45, 2.75) is 46.2 Å². The van der Waals surface area contributed by atoms with Gasteiger partial charge in [0.2, 0.25) is 0 Å². The smallest absolute Gasteiger partial charge is 0.254 e. The second-order valence-corrected chi connectivity index (χ2v) is 9.90. The molecule has 0 spiro atoms. The van der Waals surface area contributed by atoms with E-state index in [1.807, 2.05) is 50.2 Å². The predicted octanol–water partition coefficient (Wildman–Crippen LogP) is 4.06. The molecule has 38 heavy (non-hydrogen) atoms. The highest BCUT2D eigenvalue weighted by atomic mass is 16.1. The number of anilines is 1. The normalized spacial score (nSPS) is 13.2. The quantitative estimate of drug-likeness (QED) is 0.362. The Hall–Kier alpha value is -4.04. The third kappa shape index (κ3) is 6.63. The lowest BCUT2D eigenvalue weighted by Gasteiger charge is -2.14. The summed E-state index contributed by atoms with van der Waals surface area (Å²) in [7, 11) is 2.17. The van der Waals surface area contributed by atoms with Crippen LogP contribution in [0.3, 0.4) is 0 Å². The Bertz CT molecular complexity index is 1400. The molecule has 1 fully saturated rings. The summed E-state index contributed by atoms with van der Waals surface area (Å²) < 4.78 is 1.73. The number of benzene rings is 2. The van der Waals surface area contributed by atoms with Gasteiger partial charge in [-0.15, -0.1) is 0 Å². The van der Waals surface area contributed by atoms with Crippen LogP contribution in [-0.4, -0.2) is 52.0 Å². The molecule has 198 valence electrons. The highest BCUT2D eigenvalue weighted by Crippen LogP contribution is 2.27. The number of aldehydes is 1. The van der Waals surface area contributed by atoms with Crippen molar-refractivity contribution in [1.29, 1.82) is 0 Å². The third-order valence-electron chi connectivity index (χ3n) is 7.05. The fourth-order valence-electron chi connectivity index (χ4n) is 4.78. The number of hydrogen-bond acceptors (Lipinski definition) is 6. The van der Waals surface area contributed by atoms with Crippen molar-refractivity contribution in [2.75, 3.05) is 25.9 Å². The highest BCUT2D eigenvalue weighted by Gasteiger charge is 2.13. The zero-order valence-corrected chi connectivity index (χ0v) is 22.4. The van der Waals surface area contributed by atoms with E-state index in [0.717, 1.165) is 44.9 Å². The summed E-state index contributed by atoms with van der Waals surface area (Å²) in [6, 6.07) is 11.8. The zero-order valence-electron chi connectivity index (χ0n) is 22.4. The van der Waals surface area contributed by atoms with E-state index in [-0.39, 0.29) is 5.91 Å². The van der Waals surface area contributed by atoms with E-state index in [0.29, 0.717) is 30.9 Å². The van der Waals surface area contributed by atoms with E-state index in [4.69, 9.17) is 5.73 Å². The number of carbonyl (C=O) groups is 2. The fraction of sp³-hybridized carbons (Fsp3) is 0.333. The maximum Gasteiger partial charge on any atom is 0.254 e. The minimum absolute atomic E-state index is 0.175. The van der Waals surface area contributed by atoms with Crippen molar-refractivity contribution >= 4 is 28.8 Å². The Morgan fingerprint density at radius 2 is 1.79 bits per heavy atom. The van der Waals surface area contributed by atoms with E-state index in [2.05, 4.69) is 27.3 Å². The van der Waals surface area contributed by atoms with Gasteiger partial charge in [0, 0.05) is 30.7 Å². The fourth-order valence-corrected chi connectivity index (χ4v) is 4.78. The van der Waals surface area contributed by atoms with Gasteiger partial charge in [0.15, 0.2) is 0 Å². The number of nitrogens with two attached hydrogens (primary N) is 1. The SMILES string of the molecule is CN1CCCC1.Cc1cc2c(N)nccc2c(C)c1CNC(=O)c1cnn(Cc2ccc(CC=O)cc2)c1. The minimum Gasteiger partial charge on any atom is -0.383 e. The Kier molecular flexibility index (Phi) is 8.86. The molecule has 0 bridgehead atoms. The van der Waals surface area contributed by atoms with Crippen LogP contribution in [-0.2, 0) is 24.3 Å². The number of fused-ring (bicyclic) bond motifs is 1. The van der Waals surface area contributed by atoms with Gasteiger partial charge in [0.1, 0.15) is 12.1 Å². The summed E-state index contributed by atoms with van der Waals surface area (Å²) in [5, 5.41) is 9.28. The molecule has 2 aromatic heterocycles. The molecule has 8 heteroatoms. The number of nitrogens with zero attached hydrogens (tertiary/aromatic N) is 4. The molecular weight excluding hydrogens is 476 g/mol. The van der Waals surface area contributed by atoms with E-state index >= 15 is 0 Å². The van der Waals surface area contributed by atoms with Crippen molar-refractivity contribution in [3.8, 4) is 0 Å². The van der Waals surface area contributed by atoms with Crippen LogP contribution in [0.15, 0.2) is 55.0 Å². The first-order chi connectivity index (χ1) is 18.4. The summed E-state index contributed by atoms with van der Waals surface area (Å²) >= 11 is 0. The number of amides is 1. The number of likely N-dealkylation sites (tertiary alicyclic amines) is 1. The molecule has 1 aliphatic heterocycles. The Labute approximate surface area is 223 Å². The van der Waals surface area contributed by atoms with Gasteiger partial charge in [0.25, 0.3) is 5.91 Å². The average Bonchev–Trinajstić information content (AvgIpc) is 3.58. The van der Waals surface area contributed by atoms with Crippen LogP contribution in [0.4, 0.5) is 5.82 Å². The molecule has 0 atom stereocenters. The second-order valence-electron chi connectivity index (χ2n) is 9.90. The Morgan fingerprint density at radius 3 is 2.45 bits per heavy atom. The monoisotopic (exact) mass is 512 g/mol. The van der Waals surface area contributed by atoms with Crippen molar-refractivity contribution in [3.05, 3.63) is 88.4 Å². The number of pyridine rings is 1. The van der Waals surface area contributed by atoms with Crippen molar-refractivity contribution < 1.29 is 9.59 Å². The second kappa shape index (κ2) is 12.5. The Morgan fingerprint density at radius 1 is 1.08 bits per heavy atom. The third-order valence-corrected chi connectivity index (χ3v) is 7.05. The summed E-state index contributed by atoms with van der Waals surface area (Å²) in [4.78, 5) is 29.8. The molecule has 3 N–H and O–H groups in total. The molecule has 0 saturated carbocycles. The molecule has 0 radical (unpaired) electrons. The van der Waals surface area contributed by atoms with Crippen molar-refractivity contribution in [3.63, 3.8) is 0 Å². The predicted molar refractivity (Wildman–Crippen MR) is 151 cm³/mol. The first-order valence-electron chi connectivity index (χ1n) is 13.0. The maximum atomic E-state index is 12.7. The molecule has 4 aromatic rings. The summed E-state index contributed by atoms with van der Waals surface area (Å²) in [6.45, 7) is 7.65. The van der Waals surface area contributed by atoms with E-state index < -0.39 is 0 Å². The molecule has 0 unspecified atom stereocenters. The van der Waals surface area contributed by atoms with Crippen LogP contribution in [0.2, 0.25) is 0 Å². The lowest BCUT2D eigenvalue weighted by Crippen LogP contribution is -2.23. The summed E-state index contributed by atoms with van der Waals surface area (Å²) in [5.41, 5.74) is 11.8. The number of carbonyl (C=O) groups excluding carboxylic acids is 2. The standard InChI is InChI=1S/C25H25N5O2.C5H11N/c1-16-11-22-21(7-9-27-24(22)26)17(2)23(16)13-28-25(32)20-12-29-30(15-20)14-19-5-3-18(4-6-19)8-10-31;1-6-4-2-3-5-6/h3-7,9-12,15H,8,13-14H2,1-2H3,(H2,26,27)(H,28,32);2-5H2,1H3. The molecule has 2 aromatic carbocycles. The Balaban J connectivity index is 0.000000494. The highest BCUT2D eigenvalue weighted by molar-refractivity contribution is 5.95. The van der Waals surface area contributed by atoms with Gasteiger partial charge in [-0.1, -0.05) is 24.3 Å². The van der Waals surface area contributed by atoms with E-state index in [9.17, 15) is 9.59 Å². The van der Waals surface area contributed by atoms with Crippen molar-refractivity contribution in [1.82, 2.24) is 25.0 Å². The number of aromatic nitrogens is 3. The van der Waals surface area contributed by atoms with Crippen molar-refractivity contribution in [2.24, 2.45) is 0 Å². The minimum atomic E-state index is -0.175. The van der Waals surface area contributed by atoms with Crippen LogP contribution in [0.25, 0.3) is 10.8 Å². The number of rotatable bonds is 7. The van der Waals surface area contributed by atoms with Crippen LogP contribution in [0.1, 0.15) is 51.0 Å². The lowest BCUT2D eigenvalue weighted by molar-refractivity contribution is -0.107. The molecule has 8 nitrogen and oxygen atoms in total. The van der Waals surface area contributed by atoms with Crippen LogP contribution in [0.5, 0.6) is 0 Å². The largest absolute Gasteiger partial charge is 0.383 e.